The molecule has 0 aliphatic rings. The number of amides is 1. The maximum atomic E-state index is 11.5. The summed E-state index contributed by atoms with van der Waals surface area (Å²) in [4.78, 5) is 16.3. The maximum absolute atomic E-state index is 11.5. The summed E-state index contributed by atoms with van der Waals surface area (Å²) in [5.41, 5.74) is 2.12. The number of carbonyl (C=O) groups excluding carboxylic acids is 1. The van der Waals surface area contributed by atoms with Crippen LogP contribution in [0, 0.1) is 0 Å². The monoisotopic (exact) mass is 411 g/mol. The Bertz CT molecular complexity index is 937. The molecule has 0 spiro atoms. The molecule has 0 unspecified atom stereocenters. The van der Waals surface area contributed by atoms with E-state index in [2.05, 4.69) is 16.0 Å². The summed E-state index contributed by atoms with van der Waals surface area (Å²) in [6.45, 7) is 2.13. The van der Waals surface area contributed by atoms with Crippen molar-refractivity contribution >= 4 is 16.9 Å². The van der Waals surface area contributed by atoms with E-state index in [4.69, 9.17) is 19.2 Å². The molecule has 1 N–H and O–H groups in total. The first-order valence-corrected chi connectivity index (χ1v) is 10.2. The topological polar surface area (TPSA) is 74.6 Å². The van der Waals surface area contributed by atoms with E-state index in [1.807, 2.05) is 42.5 Å². The van der Waals surface area contributed by atoms with Crippen LogP contribution in [0.4, 0.5) is 0 Å². The standard InChI is InChI=1S/C23H29N3O4/c1-28-17-23(27)24-14-5-9-22-25-20-7-3-4-8-21(20)26(22)15-6-16-30-19-12-10-18(29-2)11-13-19/h3-4,7-8,10-13H,5-6,9,14-17H2,1-2H3,(H,24,27). The highest BCUT2D eigenvalue weighted by Crippen LogP contribution is 2.19. The van der Waals surface area contributed by atoms with Gasteiger partial charge < -0.3 is 24.1 Å². The van der Waals surface area contributed by atoms with Crippen LogP contribution in [0.1, 0.15) is 18.7 Å². The molecule has 0 saturated carbocycles. The third kappa shape index (κ3) is 5.97. The van der Waals surface area contributed by atoms with Crippen LogP contribution < -0.4 is 14.8 Å². The Kier molecular flexibility index (Phi) is 8.09. The van der Waals surface area contributed by atoms with Crippen molar-refractivity contribution in [2.45, 2.75) is 25.8 Å². The van der Waals surface area contributed by atoms with E-state index in [9.17, 15) is 4.79 Å². The molecule has 1 heterocycles. The van der Waals surface area contributed by atoms with Gasteiger partial charge in [-0.1, -0.05) is 12.1 Å². The number of nitrogens with one attached hydrogen (secondary N) is 1. The first-order valence-electron chi connectivity index (χ1n) is 10.2. The molecule has 0 aliphatic carbocycles. The number of imidazole rings is 1. The molecular formula is C23H29N3O4. The van der Waals surface area contributed by atoms with Gasteiger partial charge >= 0.3 is 0 Å². The Balaban J connectivity index is 1.55. The maximum Gasteiger partial charge on any atom is 0.245 e. The van der Waals surface area contributed by atoms with Crippen molar-refractivity contribution in [1.82, 2.24) is 14.9 Å². The van der Waals surface area contributed by atoms with E-state index in [0.29, 0.717) is 13.2 Å². The first kappa shape index (κ1) is 21.6. The zero-order valence-corrected chi connectivity index (χ0v) is 17.6. The highest BCUT2D eigenvalue weighted by atomic mass is 16.5. The number of aryl methyl sites for hydroxylation is 2. The summed E-state index contributed by atoms with van der Waals surface area (Å²) >= 11 is 0. The number of hydrogen-bond acceptors (Lipinski definition) is 5. The summed E-state index contributed by atoms with van der Waals surface area (Å²) < 4.78 is 18.1. The Morgan fingerprint density at radius 1 is 1.03 bits per heavy atom. The van der Waals surface area contributed by atoms with Gasteiger partial charge in [0.25, 0.3) is 0 Å². The first-order chi connectivity index (χ1) is 14.7. The van der Waals surface area contributed by atoms with Crippen LogP contribution in [0.25, 0.3) is 11.0 Å². The average Bonchev–Trinajstić information content (AvgIpc) is 3.12. The fraction of sp³-hybridized carbons (Fsp3) is 0.391. The number of rotatable bonds is 12. The van der Waals surface area contributed by atoms with Gasteiger partial charge in [0, 0.05) is 26.6 Å². The minimum Gasteiger partial charge on any atom is -0.497 e. The fourth-order valence-electron chi connectivity index (χ4n) is 3.31. The van der Waals surface area contributed by atoms with Gasteiger partial charge in [-0.2, -0.15) is 0 Å². The van der Waals surface area contributed by atoms with E-state index in [1.165, 1.54) is 7.11 Å². The molecule has 0 bridgehead atoms. The van der Waals surface area contributed by atoms with Gasteiger partial charge in [-0.05, 0) is 49.2 Å². The minimum atomic E-state index is -0.0957. The quantitative estimate of drug-likeness (QED) is 0.463. The van der Waals surface area contributed by atoms with Crippen molar-refractivity contribution in [2.24, 2.45) is 0 Å². The van der Waals surface area contributed by atoms with Gasteiger partial charge in [-0.15, -0.1) is 0 Å². The molecule has 0 atom stereocenters. The lowest BCUT2D eigenvalue weighted by Crippen LogP contribution is -2.28. The Labute approximate surface area is 177 Å². The Morgan fingerprint density at radius 2 is 1.80 bits per heavy atom. The van der Waals surface area contributed by atoms with Crippen molar-refractivity contribution in [3.8, 4) is 11.5 Å². The van der Waals surface area contributed by atoms with Gasteiger partial charge in [-0.25, -0.2) is 4.98 Å². The number of carbonyl (C=O) groups is 1. The lowest BCUT2D eigenvalue weighted by Gasteiger charge is -2.11. The molecular weight excluding hydrogens is 382 g/mol. The minimum absolute atomic E-state index is 0.0900. The third-order valence-electron chi connectivity index (χ3n) is 4.76. The second-order valence-corrected chi connectivity index (χ2v) is 6.93. The lowest BCUT2D eigenvalue weighted by atomic mass is 10.2. The van der Waals surface area contributed by atoms with Crippen molar-refractivity contribution in [1.29, 1.82) is 0 Å². The highest BCUT2D eigenvalue weighted by molar-refractivity contribution is 5.77. The van der Waals surface area contributed by atoms with Crippen molar-refractivity contribution in [2.75, 3.05) is 34.0 Å². The predicted octanol–water partition coefficient (Wildman–Crippen LogP) is 3.21. The smallest absolute Gasteiger partial charge is 0.245 e. The summed E-state index contributed by atoms with van der Waals surface area (Å²) in [7, 11) is 3.16. The van der Waals surface area contributed by atoms with Crippen LogP contribution in [0.3, 0.4) is 0 Å². The Morgan fingerprint density at radius 3 is 2.57 bits per heavy atom. The van der Waals surface area contributed by atoms with Gasteiger partial charge in [0.15, 0.2) is 0 Å². The summed E-state index contributed by atoms with van der Waals surface area (Å²) in [6.07, 6.45) is 2.48. The second kappa shape index (κ2) is 11.2. The molecule has 3 aromatic rings. The van der Waals surface area contributed by atoms with E-state index in [1.54, 1.807) is 7.11 Å². The van der Waals surface area contributed by atoms with Crippen molar-refractivity contribution < 1.29 is 19.0 Å². The van der Waals surface area contributed by atoms with Gasteiger partial charge in [-0.3, -0.25) is 4.79 Å². The molecule has 7 heteroatoms. The molecule has 0 fully saturated rings. The number of fused-ring (bicyclic) bond motifs is 1. The summed E-state index contributed by atoms with van der Waals surface area (Å²) in [6, 6.07) is 15.8. The summed E-state index contributed by atoms with van der Waals surface area (Å²) in [5.74, 6) is 2.58. The molecule has 160 valence electrons. The van der Waals surface area contributed by atoms with Crippen molar-refractivity contribution in [3.63, 3.8) is 0 Å². The number of ether oxygens (including phenoxy) is 3. The SMILES string of the molecule is COCC(=O)NCCCc1nc2ccccc2n1CCCOc1ccc(OC)cc1. The largest absolute Gasteiger partial charge is 0.497 e. The molecule has 0 saturated heterocycles. The third-order valence-corrected chi connectivity index (χ3v) is 4.76. The Hall–Kier alpha value is -3.06. The van der Waals surface area contributed by atoms with E-state index in [-0.39, 0.29) is 12.5 Å². The number of para-hydroxylation sites is 2. The molecule has 0 aliphatic heterocycles. The number of methoxy groups -OCH3 is 2. The average molecular weight is 412 g/mol. The van der Waals surface area contributed by atoms with Gasteiger partial charge in [0.1, 0.15) is 23.9 Å². The van der Waals surface area contributed by atoms with E-state index >= 15 is 0 Å². The molecule has 2 aromatic carbocycles. The second-order valence-electron chi connectivity index (χ2n) is 6.93. The van der Waals surface area contributed by atoms with Crippen LogP contribution >= 0.6 is 0 Å². The van der Waals surface area contributed by atoms with Crippen LogP contribution in [0.15, 0.2) is 48.5 Å². The predicted molar refractivity (Wildman–Crippen MR) is 116 cm³/mol. The van der Waals surface area contributed by atoms with Crippen LogP contribution in [-0.2, 0) is 22.5 Å². The molecule has 1 amide bonds. The number of nitrogens with zero attached hydrogens (tertiary/aromatic N) is 2. The number of hydrogen-bond donors (Lipinski definition) is 1. The van der Waals surface area contributed by atoms with Gasteiger partial charge in [0.2, 0.25) is 5.91 Å². The van der Waals surface area contributed by atoms with Gasteiger partial charge in [0.05, 0.1) is 24.8 Å². The molecule has 1 aromatic heterocycles. The number of aromatic nitrogens is 2. The molecule has 3 rings (SSSR count). The molecule has 30 heavy (non-hydrogen) atoms. The van der Waals surface area contributed by atoms with E-state index in [0.717, 1.165) is 54.2 Å². The van der Waals surface area contributed by atoms with E-state index < -0.39 is 0 Å². The van der Waals surface area contributed by atoms with Crippen LogP contribution in [-0.4, -0.2) is 49.4 Å². The summed E-state index contributed by atoms with van der Waals surface area (Å²) in [5, 5.41) is 2.86. The normalized spacial score (nSPS) is 10.9. The highest BCUT2D eigenvalue weighted by Gasteiger charge is 2.10. The lowest BCUT2D eigenvalue weighted by molar-refractivity contribution is -0.124. The zero-order chi connectivity index (χ0) is 21.2. The number of benzene rings is 2. The molecule has 7 nitrogen and oxygen atoms in total. The fourth-order valence-corrected chi connectivity index (χ4v) is 3.31. The molecule has 0 radical (unpaired) electrons. The van der Waals surface area contributed by atoms with Crippen LogP contribution in [0.5, 0.6) is 11.5 Å². The van der Waals surface area contributed by atoms with Crippen LogP contribution in [0.2, 0.25) is 0 Å². The zero-order valence-electron chi connectivity index (χ0n) is 17.6. The van der Waals surface area contributed by atoms with Crippen molar-refractivity contribution in [3.05, 3.63) is 54.4 Å².